The number of hydrogen-bond donors (Lipinski definition) is 1. The summed E-state index contributed by atoms with van der Waals surface area (Å²) in [6.45, 7) is 4.79. The first kappa shape index (κ1) is 26.4. The van der Waals surface area contributed by atoms with E-state index in [1.165, 1.54) is 5.56 Å². The largest absolute Gasteiger partial charge is 0.497 e. The van der Waals surface area contributed by atoms with Gasteiger partial charge in [-0.25, -0.2) is 0 Å². The van der Waals surface area contributed by atoms with E-state index in [-0.39, 0.29) is 11.8 Å². The number of rotatable bonds is 12. The molecule has 0 bridgehead atoms. The van der Waals surface area contributed by atoms with Crippen LogP contribution in [0.15, 0.2) is 83.8 Å². The molecule has 0 unspecified atom stereocenters. The highest BCUT2D eigenvalue weighted by Crippen LogP contribution is 2.22. The normalized spacial score (nSPS) is 11.5. The number of methoxy groups -OCH3 is 1. The van der Waals surface area contributed by atoms with Crippen LogP contribution in [0.3, 0.4) is 0 Å². The second-order valence-electron chi connectivity index (χ2n) is 8.38. The molecule has 0 radical (unpaired) electrons. The maximum atomic E-state index is 13.6. The highest BCUT2D eigenvalue weighted by Gasteiger charge is 2.30. The van der Waals surface area contributed by atoms with Crippen LogP contribution in [0, 0.1) is 6.92 Å². The van der Waals surface area contributed by atoms with Crippen LogP contribution in [-0.2, 0) is 22.6 Å². The van der Waals surface area contributed by atoms with Gasteiger partial charge in [0, 0.05) is 36.6 Å². The quantitative estimate of drug-likeness (QED) is 0.352. The lowest BCUT2D eigenvalue weighted by molar-refractivity contribution is -0.140. The molecule has 0 aliphatic rings. The first-order valence-electron chi connectivity index (χ1n) is 11.9. The maximum Gasteiger partial charge on any atom is 0.243 e. The minimum absolute atomic E-state index is 0.0420. The number of hydrogen-bond acceptors (Lipinski definition) is 4. The molecule has 35 heavy (non-hydrogen) atoms. The van der Waals surface area contributed by atoms with Crippen molar-refractivity contribution < 1.29 is 14.3 Å². The summed E-state index contributed by atoms with van der Waals surface area (Å²) in [5.41, 5.74) is 3.15. The third-order valence-electron chi connectivity index (χ3n) is 5.71. The van der Waals surface area contributed by atoms with Crippen LogP contribution < -0.4 is 10.1 Å². The SMILES string of the molecule is CCNC(=O)[C@H](Cc1ccccc1)N(Cc1cccc(OC)c1)C(=O)CCSc1ccc(C)cc1. The molecule has 0 saturated carbocycles. The van der Waals surface area contributed by atoms with Crippen LogP contribution in [0.5, 0.6) is 5.75 Å². The fraction of sp³-hybridized carbons (Fsp3) is 0.310. The second kappa shape index (κ2) is 13.6. The number of ether oxygens (including phenoxy) is 1. The van der Waals surface area contributed by atoms with Crippen molar-refractivity contribution in [3.8, 4) is 5.75 Å². The average Bonchev–Trinajstić information content (AvgIpc) is 2.88. The van der Waals surface area contributed by atoms with Gasteiger partial charge < -0.3 is 15.0 Å². The van der Waals surface area contributed by atoms with Gasteiger partial charge in [0.15, 0.2) is 0 Å². The Kier molecular flexibility index (Phi) is 10.2. The predicted octanol–water partition coefficient (Wildman–Crippen LogP) is 5.26. The summed E-state index contributed by atoms with van der Waals surface area (Å²) in [6.07, 6.45) is 0.792. The van der Waals surface area contributed by atoms with Gasteiger partial charge in [-0.15, -0.1) is 11.8 Å². The van der Waals surface area contributed by atoms with Gasteiger partial charge in [-0.2, -0.15) is 0 Å². The van der Waals surface area contributed by atoms with Gasteiger partial charge in [-0.05, 0) is 49.2 Å². The van der Waals surface area contributed by atoms with Crippen molar-refractivity contribution in [1.82, 2.24) is 10.2 Å². The van der Waals surface area contributed by atoms with E-state index in [1.54, 1.807) is 23.8 Å². The Bertz CT molecular complexity index is 1090. The molecule has 0 aromatic heterocycles. The Hall–Kier alpha value is -3.25. The molecule has 0 fully saturated rings. The molecule has 0 aliphatic heterocycles. The topological polar surface area (TPSA) is 58.6 Å². The summed E-state index contributed by atoms with van der Waals surface area (Å²) in [6, 6.07) is 25.2. The predicted molar refractivity (Wildman–Crippen MR) is 143 cm³/mol. The summed E-state index contributed by atoms with van der Waals surface area (Å²) in [4.78, 5) is 29.6. The Morgan fingerprint density at radius 3 is 2.37 bits per heavy atom. The van der Waals surface area contributed by atoms with Gasteiger partial charge >= 0.3 is 0 Å². The summed E-state index contributed by atoms with van der Waals surface area (Å²) >= 11 is 1.65. The van der Waals surface area contributed by atoms with Crippen molar-refractivity contribution in [2.45, 2.75) is 44.2 Å². The molecule has 3 aromatic carbocycles. The number of nitrogens with one attached hydrogen (secondary N) is 1. The van der Waals surface area contributed by atoms with Gasteiger partial charge in [0.25, 0.3) is 0 Å². The fourth-order valence-electron chi connectivity index (χ4n) is 3.85. The van der Waals surface area contributed by atoms with E-state index in [2.05, 4.69) is 36.5 Å². The number of amides is 2. The van der Waals surface area contributed by atoms with Gasteiger partial charge in [-0.1, -0.05) is 60.2 Å². The van der Waals surface area contributed by atoms with Crippen molar-refractivity contribution in [3.05, 3.63) is 95.6 Å². The molecular formula is C29H34N2O3S. The van der Waals surface area contributed by atoms with Crippen molar-refractivity contribution in [2.75, 3.05) is 19.4 Å². The third kappa shape index (κ3) is 8.18. The van der Waals surface area contributed by atoms with E-state index in [1.807, 2.05) is 61.5 Å². The van der Waals surface area contributed by atoms with Crippen LogP contribution in [-0.4, -0.2) is 42.2 Å². The Labute approximate surface area is 212 Å². The molecule has 3 aromatic rings. The molecule has 6 heteroatoms. The summed E-state index contributed by atoms with van der Waals surface area (Å²) < 4.78 is 5.38. The molecule has 0 heterocycles. The van der Waals surface area contributed by atoms with Crippen molar-refractivity contribution in [2.24, 2.45) is 0 Å². The van der Waals surface area contributed by atoms with Crippen molar-refractivity contribution >= 4 is 23.6 Å². The van der Waals surface area contributed by atoms with E-state index in [9.17, 15) is 9.59 Å². The lowest BCUT2D eigenvalue weighted by atomic mass is 10.0. The van der Waals surface area contributed by atoms with Crippen LogP contribution in [0.2, 0.25) is 0 Å². The second-order valence-corrected chi connectivity index (χ2v) is 9.55. The number of carbonyl (C=O) groups is 2. The Morgan fingerprint density at radius 1 is 0.971 bits per heavy atom. The van der Waals surface area contributed by atoms with E-state index in [0.29, 0.717) is 31.7 Å². The van der Waals surface area contributed by atoms with Gasteiger partial charge in [0.05, 0.1) is 7.11 Å². The zero-order valence-electron chi connectivity index (χ0n) is 20.7. The first-order chi connectivity index (χ1) is 17.0. The lowest BCUT2D eigenvalue weighted by Gasteiger charge is -2.31. The van der Waals surface area contributed by atoms with Crippen LogP contribution in [0.25, 0.3) is 0 Å². The van der Waals surface area contributed by atoms with Gasteiger partial charge in [0.1, 0.15) is 11.8 Å². The minimum atomic E-state index is -0.611. The highest BCUT2D eigenvalue weighted by atomic mass is 32.2. The van der Waals surface area contributed by atoms with E-state index >= 15 is 0 Å². The number of benzene rings is 3. The van der Waals surface area contributed by atoms with Crippen molar-refractivity contribution in [3.63, 3.8) is 0 Å². The molecular weight excluding hydrogens is 456 g/mol. The zero-order chi connectivity index (χ0) is 25.0. The Balaban J connectivity index is 1.83. The number of likely N-dealkylation sites (N-methyl/N-ethyl adjacent to an activating group) is 1. The molecule has 3 rings (SSSR count). The fourth-order valence-corrected chi connectivity index (χ4v) is 4.69. The smallest absolute Gasteiger partial charge is 0.243 e. The van der Waals surface area contributed by atoms with Crippen molar-refractivity contribution in [1.29, 1.82) is 0 Å². The van der Waals surface area contributed by atoms with Crippen LogP contribution >= 0.6 is 11.8 Å². The summed E-state index contributed by atoms with van der Waals surface area (Å²) in [5, 5.41) is 2.93. The zero-order valence-corrected chi connectivity index (χ0v) is 21.5. The molecule has 1 N–H and O–H groups in total. The molecule has 0 saturated heterocycles. The third-order valence-corrected chi connectivity index (χ3v) is 6.73. The summed E-state index contributed by atoms with van der Waals surface area (Å²) in [5.74, 6) is 1.19. The number of nitrogens with zero attached hydrogens (tertiary/aromatic N) is 1. The monoisotopic (exact) mass is 490 g/mol. The average molecular weight is 491 g/mol. The molecule has 184 valence electrons. The minimum Gasteiger partial charge on any atom is -0.497 e. The van der Waals surface area contributed by atoms with Gasteiger partial charge in [-0.3, -0.25) is 9.59 Å². The van der Waals surface area contributed by atoms with E-state index in [0.717, 1.165) is 21.8 Å². The number of aryl methyl sites for hydroxylation is 1. The molecule has 5 nitrogen and oxygen atoms in total. The van der Waals surface area contributed by atoms with Gasteiger partial charge in [0.2, 0.25) is 11.8 Å². The number of thioether (sulfide) groups is 1. The summed E-state index contributed by atoms with van der Waals surface area (Å²) in [7, 11) is 1.62. The Morgan fingerprint density at radius 2 is 1.69 bits per heavy atom. The molecule has 0 spiro atoms. The maximum absolute atomic E-state index is 13.6. The highest BCUT2D eigenvalue weighted by molar-refractivity contribution is 7.99. The first-order valence-corrected chi connectivity index (χ1v) is 12.9. The lowest BCUT2D eigenvalue weighted by Crippen LogP contribution is -2.50. The van der Waals surface area contributed by atoms with E-state index < -0.39 is 6.04 Å². The molecule has 1 atom stereocenters. The molecule has 0 aliphatic carbocycles. The van der Waals surface area contributed by atoms with Crippen LogP contribution in [0.1, 0.15) is 30.0 Å². The standard InChI is InChI=1S/C29H34N2O3S/c1-4-30-29(33)27(20-23-9-6-5-7-10-23)31(21-24-11-8-12-25(19-24)34-3)28(32)17-18-35-26-15-13-22(2)14-16-26/h5-16,19,27H,4,17-18,20-21H2,1-3H3,(H,30,33)/t27-/m0/s1. The van der Waals surface area contributed by atoms with E-state index in [4.69, 9.17) is 4.74 Å². The number of carbonyl (C=O) groups excluding carboxylic acids is 2. The molecule has 2 amide bonds. The van der Waals surface area contributed by atoms with Crippen LogP contribution in [0.4, 0.5) is 0 Å².